The van der Waals surface area contributed by atoms with Gasteiger partial charge in [-0.25, -0.2) is 14.5 Å². The number of tetrazole rings is 1. The highest BCUT2D eigenvalue weighted by Crippen LogP contribution is 2.30. The van der Waals surface area contributed by atoms with Crippen molar-refractivity contribution < 1.29 is 33.3 Å². The average molecular weight is 816 g/mol. The quantitative estimate of drug-likeness (QED) is 0.0545. The average Bonchev–Trinajstić information content (AvgIpc) is 3.70. The second kappa shape index (κ2) is 25.5. The SMILES string of the molecule is CC(C)(C)OC(=O)NCCCOCCOCCOCCCNC(=O)CCCCn1nnnc1C(C)(C)CCCCOc1cc(-c2ccccc2)cc(-c2ccccc2)n1. The molecular formula is C45H65N7O7. The number of ether oxygens (including phenoxy) is 5. The molecule has 0 aliphatic carbocycles. The lowest BCUT2D eigenvalue weighted by atomic mass is 9.86. The summed E-state index contributed by atoms with van der Waals surface area (Å²) in [6.45, 7) is 15.1. The van der Waals surface area contributed by atoms with Gasteiger partial charge in [0.05, 0.1) is 38.7 Å². The minimum Gasteiger partial charge on any atom is -0.478 e. The third kappa shape index (κ3) is 18.7. The van der Waals surface area contributed by atoms with Crippen LogP contribution >= 0.6 is 0 Å². The van der Waals surface area contributed by atoms with E-state index in [0.29, 0.717) is 84.6 Å². The Morgan fingerprint density at radius 2 is 1.29 bits per heavy atom. The third-order valence-corrected chi connectivity index (χ3v) is 9.25. The van der Waals surface area contributed by atoms with Crippen molar-refractivity contribution in [1.82, 2.24) is 35.8 Å². The summed E-state index contributed by atoms with van der Waals surface area (Å²) >= 11 is 0. The number of hydrogen-bond acceptors (Lipinski definition) is 11. The van der Waals surface area contributed by atoms with Gasteiger partial charge in [0.1, 0.15) is 5.60 Å². The van der Waals surface area contributed by atoms with Crippen LogP contribution in [-0.4, -0.2) is 102 Å². The molecule has 59 heavy (non-hydrogen) atoms. The maximum absolute atomic E-state index is 12.4. The van der Waals surface area contributed by atoms with Crippen LogP contribution < -0.4 is 15.4 Å². The van der Waals surface area contributed by atoms with E-state index in [4.69, 9.17) is 28.7 Å². The summed E-state index contributed by atoms with van der Waals surface area (Å²) in [5, 5.41) is 18.3. The molecule has 0 aliphatic heterocycles. The van der Waals surface area contributed by atoms with E-state index in [9.17, 15) is 9.59 Å². The molecule has 0 unspecified atom stereocenters. The highest BCUT2D eigenvalue weighted by atomic mass is 16.6. The van der Waals surface area contributed by atoms with Crippen LogP contribution in [0.15, 0.2) is 72.8 Å². The number of carbonyl (C=O) groups is 2. The van der Waals surface area contributed by atoms with Crippen molar-refractivity contribution in [2.24, 2.45) is 0 Å². The summed E-state index contributed by atoms with van der Waals surface area (Å²) < 4.78 is 29.9. The minimum absolute atomic E-state index is 0.0340. The van der Waals surface area contributed by atoms with Crippen molar-refractivity contribution >= 4 is 12.0 Å². The Balaban J connectivity index is 1.01. The number of aromatic nitrogens is 5. The number of carbonyl (C=O) groups excluding carboxylic acids is 2. The Labute approximate surface area is 350 Å². The fourth-order valence-electron chi connectivity index (χ4n) is 6.19. The van der Waals surface area contributed by atoms with E-state index in [1.807, 2.05) is 67.9 Å². The van der Waals surface area contributed by atoms with E-state index in [1.165, 1.54) is 0 Å². The second-order valence-corrected chi connectivity index (χ2v) is 16.0. The number of nitrogens with zero attached hydrogens (tertiary/aromatic N) is 5. The fraction of sp³-hybridized carbons (Fsp3) is 0.556. The van der Waals surface area contributed by atoms with Crippen LogP contribution in [0.4, 0.5) is 4.79 Å². The van der Waals surface area contributed by atoms with E-state index in [1.54, 1.807) is 0 Å². The van der Waals surface area contributed by atoms with E-state index in [-0.39, 0.29) is 11.3 Å². The van der Waals surface area contributed by atoms with Gasteiger partial charge in [0, 0.05) is 56.3 Å². The highest BCUT2D eigenvalue weighted by Gasteiger charge is 2.27. The lowest BCUT2D eigenvalue weighted by molar-refractivity contribution is -0.121. The zero-order chi connectivity index (χ0) is 42.2. The Hall–Kier alpha value is -4.92. The van der Waals surface area contributed by atoms with Crippen molar-refractivity contribution in [3.05, 3.63) is 78.6 Å². The van der Waals surface area contributed by atoms with Crippen molar-refractivity contribution in [1.29, 1.82) is 0 Å². The third-order valence-electron chi connectivity index (χ3n) is 9.25. The second-order valence-electron chi connectivity index (χ2n) is 16.0. The summed E-state index contributed by atoms with van der Waals surface area (Å²) in [6, 6.07) is 24.6. The van der Waals surface area contributed by atoms with Gasteiger partial charge >= 0.3 is 6.09 Å². The number of rotatable bonds is 28. The maximum atomic E-state index is 12.4. The molecule has 2 aromatic carbocycles. The Bertz CT molecular complexity index is 1720. The molecule has 14 heteroatoms. The van der Waals surface area contributed by atoms with Gasteiger partial charge in [-0.1, -0.05) is 74.5 Å². The summed E-state index contributed by atoms with van der Waals surface area (Å²) in [5.74, 6) is 1.51. The number of benzene rings is 2. The zero-order valence-corrected chi connectivity index (χ0v) is 35.7. The van der Waals surface area contributed by atoms with Gasteiger partial charge in [-0.2, -0.15) is 0 Å². The Morgan fingerprint density at radius 1 is 0.661 bits per heavy atom. The number of pyridine rings is 1. The predicted molar refractivity (Wildman–Crippen MR) is 228 cm³/mol. The molecule has 2 amide bonds. The minimum atomic E-state index is -0.505. The van der Waals surface area contributed by atoms with Crippen LogP contribution in [0.25, 0.3) is 22.4 Å². The number of aryl methyl sites for hydroxylation is 1. The van der Waals surface area contributed by atoms with Gasteiger partial charge in [0.15, 0.2) is 5.82 Å². The Morgan fingerprint density at radius 3 is 1.95 bits per heavy atom. The molecule has 0 saturated carbocycles. The standard InChI is InChI=1S/C45H65N7O7/c1-44(2,3)59-43(54)47-25-17-28-56-31-33-57-32-30-55-27-16-24-46-40(53)22-12-14-26-52-42(49-50-51-52)45(4,5)23-13-15-29-58-41-35-38(36-18-8-6-9-19-36)34-39(48-41)37-20-10-7-11-21-37/h6-11,18-21,34-35H,12-17,22-33H2,1-5H3,(H,46,53)(H,47,54). The normalized spacial score (nSPS) is 11.7. The van der Waals surface area contributed by atoms with Gasteiger partial charge in [0.25, 0.3) is 0 Å². The van der Waals surface area contributed by atoms with Gasteiger partial charge in [-0.15, -0.1) is 5.10 Å². The molecule has 2 aromatic heterocycles. The first-order valence-corrected chi connectivity index (χ1v) is 21.0. The van der Waals surface area contributed by atoms with Gasteiger partial charge in [-0.3, -0.25) is 4.79 Å². The van der Waals surface area contributed by atoms with Gasteiger partial charge < -0.3 is 34.3 Å². The first-order chi connectivity index (χ1) is 28.5. The maximum Gasteiger partial charge on any atom is 0.407 e. The van der Waals surface area contributed by atoms with Crippen molar-refractivity contribution in [3.63, 3.8) is 0 Å². The predicted octanol–water partition coefficient (Wildman–Crippen LogP) is 7.57. The fourth-order valence-corrected chi connectivity index (χ4v) is 6.19. The largest absolute Gasteiger partial charge is 0.478 e. The monoisotopic (exact) mass is 815 g/mol. The summed E-state index contributed by atoms with van der Waals surface area (Å²) in [5.41, 5.74) is 3.40. The summed E-state index contributed by atoms with van der Waals surface area (Å²) in [6.07, 6.45) is 5.72. The number of unbranched alkanes of at least 4 members (excludes halogenated alkanes) is 2. The van der Waals surface area contributed by atoms with Crippen molar-refractivity contribution in [2.45, 2.75) is 104 Å². The molecule has 322 valence electrons. The molecule has 0 bridgehead atoms. The molecule has 2 heterocycles. The number of amides is 2. The molecule has 2 N–H and O–H groups in total. The smallest absolute Gasteiger partial charge is 0.407 e. The van der Waals surface area contributed by atoms with Gasteiger partial charge in [0.2, 0.25) is 11.8 Å². The lowest BCUT2D eigenvalue weighted by Gasteiger charge is -2.23. The lowest BCUT2D eigenvalue weighted by Crippen LogP contribution is -2.33. The van der Waals surface area contributed by atoms with Crippen LogP contribution in [-0.2, 0) is 35.7 Å². The van der Waals surface area contributed by atoms with E-state index in [0.717, 1.165) is 66.7 Å². The Kier molecular flexibility index (Phi) is 20.2. The van der Waals surface area contributed by atoms with Crippen LogP contribution in [0, 0.1) is 0 Å². The van der Waals surface area contributed by atoms with Crippen LogP contribution in [0.5, 0.6) is 5.88 Å². The van der Waals surface area contributed by atoms with E-state index in [2.05, 4.69) is 70.3 Å². The molecule has 0 fully saturated rings. The summed E-state index contributed by atoms with van der Waals surface area (Å²) in [7, 11) is 0. The van der Waals surface area contributed by atoms with Crippen LogP contribution in [0.3, 0.4) is 0 Å². The first-order valence-electron chi connectivity index (χ1n) is 21.0. The number of nitrogens with one attached hydrogen (secondary N) is 2. The zero-order valence-electron chi connectivity index (χ0n) is 35.7. The molecule has 0 radical (unpaired) electrons. The molecule has 0 aliphatic rings. The molecule has 0 saturated heterocycles. The molecule has 4 rings (SSSR count). The number of alkyl carbamates (subject to hydrolysis) is 1. The van der Waals surface area contributed by atoms with Gasteiger partial charge in [-0.05, 0) is 93.3 Å². The van der Waals surface area contributed by atoms with E-state index < -0.39 is 11.7 Å². The molecule has 4 aromatic rings. The molecule has 0 spiro atoms. The van der Waals surface area contributed by atoms with Crippen LogP contribution in [0.1, 0.15) is 91.8 Å². The summed E-state index contributed by atoms with van der Waals surface area (Å²) in [4.78, 5) is 28.8. The molecule has 0 atom stereocenters. The van der Waals surface area contributed by atoms with Crippen LogP contribution in [0.2, 0.25) is 0 Å². The topological polar surface area (TPSA) is 161 Å². The molecule has 14 nitrogen and oxygen atoms in total. The van der Waals surface area contributed by atoms with Crippen molar-refractivity contribution in [3.8, 4) is 28.3 Å². The number of hydrogen-bond donors (Lipinski definition) is 2. The highest BCUT2D eigenvalue weighted by molar-refractivity contribution is 5.75. The van der Waals surface area contributed by atoms with Crippen molar-refractivity contribution in [2.75, 3.05) is 59.3 Å². The first kappa shape index (κ1) is 46.8. The van der Waals surface area contributed by atoms with E-state index >= 15 is 0 Å². The molecular weight excluding hydrogens is 751 g/mol.